The monoisotopic (exact) mass is 542 g/mol. The number of carbonyl (C=O) groups excluding carboxylic acids is 1. The van der Waals surface area contributed by atoms with Crippen molar-refractivity contribution in [3.05, 3.63) is 66.0 Å². The van der Waals surface area contributed by atoms with E-state index in [-0.39, 0.29) is 11.8 Å². The molecule has 0 spiro atoms. The molecule has 3 aliphatic rings. The summed E-state index contributed by atoms with van der Waals surface area (Å²) in [5, 5.41) is 0. The Morgan fingerprint density at radius 1 is 0.974 bits per heavy atom. The molecule has 38 heavy (non-hydrogen) atoms. The smallest absolute Gasteiger partial charge is 0.243 e. The predicted molar refractivity (Wildman–Crippen MR) is 150 cm³/mol. The molecule has 3 fully saturated rings. The van der Waals surface area contributed by atoms with Crippen LogP contribution in [0.5, 0.6) is 0 Å². The second-order valence-corrected chi connectivity index (χ2v) is 12.4. The number of nitrogens with zero attached hydrogens (tertiary/aromatic N) is 4. The number of piperidine rings is 1. The minimum Gasteiger partial charge on any atom is -0.405 e. The highest BCUT2D eigenvalue weighted by Gasteiger charge is 2.32. The number of likely N-dealkylation sites (tertiary alicyclic amines) is 1. The second kappa shape index (κ2) is 12.9. The molecular formula is C28H42N6O3S. The maximum absolute atomic E-state index is 13.3. The molecule has 9 nitrogen and oxygen atoms in total. The lowest BCUT2D eigenvalue weighted by molar-refractivity contribution is -0.138. The summed E-state index contributed by atoms with van der Waals surface area (Å²) < 4.78 is 28.0. The number of sulfonamides is 1. The fraction of sp³-hybridized carbons (Fsp3) is 0.536. The molecule has 1 amide bonds. The number of rotatable bonds is 9. The molecule has 3 heterocycles. The van der Waals surface area contributed by atoms with Crippen molar-refractivity contribution in [1.82, 2.24) is 19.0 Å². The van der Waals surface area contributed by atoms with Gasteiger partial charge in [0.2, 0.25) is 15.9 Å². The van der Waals surface area contributed by atoms with Gasteiger partial charge in [-0.2, -0.15) is 4.31 Å². The van der Waals surface area contributed by atoms with Crippen molar-refractivity contribution >= 4 is 15.9 Å². The molecule has 1 aromatic carbocycles. The summed E-state index contributed by atoms with van der Waals surface area (Å²) in [5.41, 5.74) is 13.6. The maximum Gasteiger partial charge on any atom is 0.243 e. The molecule has 0 unspecified atom stereocenters. The van der Waals surface area contributed by atoms with Crippen molar-refractivity contribution < 1.29 is 13.2 Å². The molecule has 3 saturated heterocycles. The molecular weight excluding hydrogens is 500 g/mol. The van der Waals surface area contributed by atoms with Crippen molar-refractivity contribution in [2.75, 3.05) is 58.9 Å². The van der Waals surface area contributed by atoms with E-state index in [0.717, 1.165) is 69.5 Å². The van der Waals surface area contributed by atoms with Crippen LogP contribution in [0.2, 0.25) is 0 Å². The highest BCUT2D eigenvalue weighted by atomic mass is 32.2. The summed E-state index contributed by atoms with van der Waals surface area (Å²) in [5.74, 6) is 0.292. The lowest BCUT2D eigenvalue weighted by atomic mass is 9.94. The standard InChI is InChI=1S/C28H42N6O3S/c1-23(30)20-24(8-11-29)21-31-14-9-25(10-15-31)28(35)33-18-16-32(17-19-33)22-26-6-2-3-7-27(26)38(36,37)34-12-4-5-13-34/h2-3,6-8,11,20,25H,1,4-5,9-10,12-19,21-22,29-30H2/b11-8-,24-20+. The topological polar surface area (TPSA) is 116 Å². The van der Waals surface area contributed by atoms with Crippen molar-refractivity contribution in [1.29, 1.82) is 0 Å². The fourth-order valence-corrected chi connectivity index (χ4v) is 7.42. The van der Waals surface area contributed by atoms with Gasteiger partial charge in [0.25, 0.3) is 0 Å². The number of amides is 1. The van der Waals surface area contributed by atoms with Gasteiger partial charge >= 0.3 is 0 Å². The first-order valence-corrected chi connectivity index (χ1v) is 15.1. The van der Waals surface area contributed by atoms with Gasteiger partial charge in [-0.1, -0.05) is 24.8 Å². The molecule has 3 aliphatic heterocycles. The van der Waals surface area contributed by atoms with Gasteiger partial charge < -0.3 is 16.4 Å². The first-order chi connectivity index (χ1) is 18.3. The minimum atomic E-state index is -3.47. The Morgan fingerprint density at radius 2 is 1.63 bits per heavy atom. The van der Waals surface area contributed by atoms with E-state index in [1.54, 1.807) is 16.4 Å². The molecule has 0 radical (unpaired) electrons. The quantitative estimate of drug-likeness (QED) is 0.456. The van der Waals surface area contributed by atoms with Crippen molar-refractivity contribution in [3.8, 4) is 0 Å². The van der Waals surface area contributed by atoms with Crippen LogP contribution in [0.4, 0.5) is 0 Å². The third kappa shape index (κ3) is 7.05. The van der Waals surface area contributed by atoms with E-state index in [1.807, 2.05) is 29.2 Å². The van der Waals surface area contributed by atoms with Crippen molar-refractivity contribution in [3.63, 3.8) is 0 Å². The Labute approximate surface area is 227 Å². The SMILES string of the molecule is C=C(N)/C=C(\C=C/N)CN1CCC(C(=O)N2CCN(Cc3ccccc3S(=O)(=O)N3CCCC3)CC2)CC1. The van der Waals surface area contributed by atoms with Crippen molar-refractivity contribution in [2.24, 2.45) is 17.4 Å². The molecule has 0 saturated carbocycles. The van der Waals surface area contributed by atoms with Crippen LogP contribution in [0.15, 0.2) is 65.4 Å². The first-order valence-electron chi connectivity index (χ1n) is 13.6. The zero-order valence-electron chi connectivity index (χ0n) is 22.3. The first kappa shape index (κ1) is 28.4. The largest absolute Gasteiger partial charge is 0.405 e. The zero-order valence-corrected chi connectivity index (χ0v) is 23.1. The number of allylic oxidation sites excluding steroid dienone is 1. The molecule has 4 rings (SSSR count). The van der Waals surface area contributed by atoms with Gasteiger partial charge in [-0.25, -0.2) is 8.42 Å². The van der Waals surface area contributed by atoms with Crippen LogP contribution in [0.3, 0.4) is 0 Å². The summed E-state index contributed by atoms with van der Waals surface area (Å²) in [4.78, 5) is 20.3. The van der Waals surface area contributed by atoms with Crippen LogP contribution >= 0.6 is 0 Å². The molecule has 1 aromatic rings. The van der Waals surface area contributed by atoms with Gasteiger partial charge in [0.1, 0.15) is 0 Å². The number of hydrogen-bond acceptors (Lipinski definition) is 7. The van der Waals surface area contributed by atoms with Gasteiger partial charge in [-0.15, -0.1) is 0 Å². The van der Waals surface area contributed by atoms with Crippen LogP contribution in [0.1, 0.15) is 31.2 Å². The normalized spacial score (nSPS) is 21.4. The Morgan fingerprint density at radius 3 is 2.26 bits per heavy atom. The van der Waals surface area contributed by atoms with Crippen LogP contribution in [-0.4, -0.2) is 92.2 Å². The van der Waals surface area contributed by atoms with E-state index in [9.17, 15) is 13.2 Å². The van der Waals surface area contributed by atoms with E-state index in [4.69, 9.17) is 11.5 Å². The Bertz CT molecular complexity index is 1140. The number of carbonyl (C=O) groups is 1. The third-order valence-electron chi connectivity index (χ3n) is 7.76. The molecule has 0 aromatic heterocycles. The molecule has 10 heteroatoms. The average Bonchev–Trinajstić information content (AvgIpc) is 3.46. The van der Waals surface area contributed by atoms with Gasteiger partial charge in [-0.05, 0) is 74.3 Å². The molecule has 0 aliphatic carbocycles. The molecule has 0 atom stereocenters. The van der Waals surface area contributed by atoms with Crippen LogP contribution in [0, 0.1) is 5.92 Å². The Hall–Kier alpha value is -2.66. The molecule has 208 valence electrons. The summed E-state index contributed by atoms with van der Waals surface area (Å²) in [6.45, 7) is 10.8. The zero-order chi connectivity index (χ0) is 27.1. The summed E-state index contributed by atoms with van der Waals surface area (Å²) in [6, 6.07) is 7.35. The van der Waals surface area contributed by atoms with Crippen LogP contribution < -0.4 is 11.5 Å². The number of hydrogen-bond donors (Lipinski definition) is 2. The van der Waals surface area contributed by atoms with Crippen LogP contribution in [0.25, 0.3) is 0 Å². The van der Waals surface area contributed by atoms with Gasteiger partial charge in [-0.3, -0.25) is 14.6 Å². The van der Waals surface area contributed by atoms with E-state index in [1.165, 1.54) is 6.20 Å². The molecule has 0 bridgehead atoms. The number of benzene rings is 1. The van der Waals surface area contributed by atoms with Crippen LogP contribution in [-0.2, 0) is 21.4 Å². The highest BCUT2D eigenvalue weighted by molar-refractivity contribution is 7.89. The van der Waals surface area contributed by atoms with E-state index in [2.05, 4.69) is 16.4 Å². The van der Waals surface area contributed by atoms with E-state index >= 15 is 0 Å². The summed E-state index contributed by atoms with van der Waals surface area (Å²) >= 11 is 0. The van der Waals surface area contributed by atoms with Crippen molar-refractivity contribution in [2.45, 2.75) is 37.1 Å². The molecule has 4 N–H and O–H groups in total. The third-order valence-corrected chi connectivity index (χ3v) is 9.76. The highest BCUT2D eigenvalue weighted by Crippen LogP contribution is 2.26. The lowest BCUT2D eigenvalue weighted by Gasteiger charge is -2.38. The van der Waals surface area contributed by atoms with Gasteiger partial charge in [0.15, 0.2) is 0 Å². The predicted octanol–water partition coefficient (Wildman–Crippen LogP) is 1.70. The summed E-state index contributed by atoms with van der Waals surface area (Å²) in [6.07, 6.45) is 8.70. The number of nitrogens with two attached hydrogens (primary N) is 2. The lowest BCUT2D eigenvalue weighted by Crippen LogP contribution is -2.51. The van der Waals surface area contributed by atoms with E-state index < -0.39 is 10.0 Å². The van der Waals surface area contributed by atoms with Gasteiger partial charge in [0.05, 0.1) is 4.90 Å². The van der Waals surface area contributed by atoms with Gasteiger partial charge in [0, 0.05) is 64.0 Å². The Balaban J connectivity index is 1.27. The fourth-order valence-electron chi connectivity index (χ4n) is 5.68. The minimum absolute atomic E-state index is 0.0473. The number of piperazine rings is 1. The second-order valence-electron chi connectivity index (χ2n) is 10.5. The Kier molecular flexibility index (Phi) is 9.64. The van der Waals surface area contributed by atoms with E-state index in [0.29, 0.717) is 43.3 Å². The maximum atomic E-state index is 13.3. The average molecular weight is 543 g/mol. The summed E-state index contributed by atoms with van der Waals surface area (Å²) in [7, 11) is -3.47.